The third-order valence-corrected chi connectivity index (χ3v) is 17.6. The second-order valence-corrected chi connectivity index (χ2v) is 27.9. The summed E-state index contributed by atoms with van der Waals surface area (Å²) in [7, 11) is 1.50. The van der Waals surface area contributed by atoms with Crippen molar-refractivity contribution >= 4 is 19.7 Å². The van der Waals surface area contributed by atoms with Gasteiger partial charge in [0.05, 0.1) is 33.8 Å². The number of nitrogens with one attached hydrogen (secondary N) is 1. The predicted molar refractivity (Wildman–Crippen MR) is 378 cm³/mol. The average molecular weight is 1240 g/mol. The first-order valence-electron chi connectivity index (χ1n) is 37.3. The molecule has 87 heavy (non-hydrogen) atoms. The van der Waals surface area contributed by atoms with Gasteiger partial charge in [-0.05, 0) is 102 Å². The molecule has 10 heteroatoms. The molecule has 0 aromatic carbocycles. The van der Waals surface area contributed by atoms with Crippen molar-refractivity contribution < 1.29 is 37.3 Å². The molecular formula is C77H144N2O7P+. The van der Waals surface area contributed by atoms with Gasteiger partial charge in [0, 0.05) is 12.8 Å². The van der Waals surface area contributed by atoms with Gasteiger partial charge in [0.1, 0.15) is 19.3 Å². The molecule has 0 aliphatic rings. The van der Waals surface area contributed by atoms with Crippen molar-refractivity contribution in [3.8, 4) is 0 Å². The van der Waals surface area contributed by atoms with Crippen molar-refractivity contribution in [1.29, 1.82) is 0 Å². The molecule has 0 aromatic rings. The molecule has 0 radical (unpaired) electrons. The molecule has 0 rings (SSSR count). The molecular weight excluding hydrogens is 1100 g/mol. The van der Waals surface area contributed by atoms with Crippen molar-refractivity contribution in [3.05, 3.63) is 72.9 Å². The zero-order valence-corrected chi connectivity index (χ0v) is 59.2. The molecule has 0 aromatic heterocycles. The number of phosphoric ester groups is 1. The zero-order chi connectivity index (χ0) is 63.5. The van der Waals surface area contributed by atoms with E-state index in [1.165, 1.54) is 244 Å². The van der Waals surface area contributed by atoms with Crippen LogP contribution in [0.1, 0.15) is 355 Å². The maximum atomic E-state index is 13.6. The molecule has 0 aliphatic heterocycles. The summed E-state index contributed by atoms with van der Waals surface area (Å²) < 4.78 is 30.9. The minimum absolute atomic E-state index is 0.0388. The van der Waals surface area contributed by atoms with E-state index >= 15 is 0 Å². The van der Waals surface area contributed by atoms with Crippen molar-refractivity contribution in [1.82, 2.24) is 5.32 Å². The summed E-state index contributed by atoms with van der Waals surface area (Å²) in [6.07, 6.45) is 87.7. The van der Waals surface area contributed by atoms with Gasteiger partial charge in [-0.15, -0.1) is 0 Å². The number of carbonyl (C=O) groups excluding carboxylic acids is 2. The van der Waals surface area contributed by atoms with Crippen LogP contribution in [0.4, 0.5) is 0 Å². The van der Waals surface area contributed by atoms with E-state index in [0.717, 1.165) is 77.0 Å². The highest BCUT2D eigenvalue weighted by Gasteiger charge is 2.30. The van der Waals surface area contributed by atoms with Crippen LogP contribution >= 0.6 is 7.82 Å². The number of phosphoric acid groups is 1. The number of ether oxygens (including phenoxy) is 1. The standard InChI is InChI=1S/C77H143N2O7P/c1-7-10-13-16-19-22-25-28-30-32-34-36-38-39-41-43-45-47-49-52-55-58-61-64-67-70-77(81)86-75(68-65-62-59-56-53-50-27-24-21-18-15-12-9-3)74(73-85-87(82,83)84-72-71-79(4,5)6)78-76(80)69-66-63-60-57-54-51-48-46-44-42-40-37-35-33-31-29-26-23-20-17-14-11-8-2/h19-20,22-23,28-31,35,37,65,68,74-75H,7-18,21,24-27,32-34,36,38-64,66-67,69-73H2,1-6H3,(H-,78,80,82,83)/p+1/b22-19-,23-20-,30-28-,31-29-,37-35-,68-65+. The summed E-state index contributed by atoms with van der Waals surface area (Å²) in [6.45, 7) is 7.01. The third-order valence-electron chi connectivity index (χ3n) is 16.6. The van der Waals surface area contributed by atoms with E-state index in [-0.39, 0.29) is 25.1 Å². The Morgan fingerprint density at radius 3 is 1.07 bits per heavy atom. The van der Waals surface area contributed by atoms with Crippen molar-refractivity contribution in [3.63, 3.8) is 0 Å². The highest BCUT2D eigenvalue weighted by Crippen LogP contribution is 2.43. The van der Waals surface area contributed by atoms with Crippen LogP contribution in [0.5, 0.6) is 0 Å². The van der Waals surface area contributed by atoms with Crippen LogP contribution in [0.25, 0.3) is 0 Å². The predicted octanol–water partition coefficient (Wildman–Crippen LogP) is 23.9. The van der Waals surface area contributed by atoms with Gasteiger partial charge < -0.3 is 19.4 Å². The number of rotatable bonds is 68. The molecule has 0 aliphatic carbocycles. The number of unbranched alkanes of at least 4 members (excludes halogenated alkanes) is 42. The Morgan fingerprint density at radius 1 is 0.402 bits per heavy atom. The van der Waals surface area contributed by atoms with E-state index in [1.54, 1.807) is 0 Å². The quantitative estimate of drug-likeness (QED) is 0.0205. The normalized spacial score (nSPS) is 13.9. The number of quaternary nitrogens is 1. The van der Waals surface area contributed by atoms with Crippen LogP contribution in [0.3, 0.4) is 0 Å². The summed E-state index contributed by atoms with van der Waals surface area (Å²) in [4.78, 5) is 38.0. The molecule has 0 fully saturated rings. The molecule has 0 bridgehead atoms. The van der Waals surface area contributed by atoms with E-state index in [4.69, 9.17) is 13.8 Å². The minimum Gasteiger partial charge on any atom is -0.456 e. The summed E-state index contributed by atoms with van der Waals surface area (Å²) in [5, 5.41) is 3.08. The topological polar surface area (TPSA) is 111 Å². The Balaban J connectivity index is 5.05. The monoisotopic (exact) mass is 1240 g/mol. The second-order valence-electron chi connectivity index (χ2n) is 26.5. The van der Waals surface area contributed by atoms with E-state index in [2.05, 4.69) is 86.8 Å². The fourth-order valence-electron chi connectivity index (χ4n) is 10.9. The molecule has 508 valence electrons. The van der Waals surface area contributed by atoms with Crippen LogP contribution in [0.15, 0.2) is 72.9 Å². The molecule has 3 atom stereocenters. The van der Waals surface area contributed by atoms with Crippen molar-refractivity contribution in [2.45, 2.75) is 367 Å². The first-order chi connectivity index (χ1) is 42.4. The first-order valence-corrected chi connectivity index (χ1v) is 38.8. The fourth-order valence-corrected chi connectivity index (χ4v) is 11.6. The van der Waals surface area contributed by atoms with Gasteiger partial charge in [-0.25, -0.2) is 4.57 Å². The third kappa shape index (κ3) is 67.7. The molecule has 0 saturated carbocycles. The number of esters is 1. The van der Waals surface area contributed by atoms with E-state index in [9.17, 15) is 19.0 Å². The molecule has 1 amide bonds. The summed E-state index contributed by atoms with van der Waals surface area (Å²) in [5.41, 5.74) is 0. The smallest absolute Gasteiger partial charge is 0.456 e. The van der Waals surface area contributed by atoms with Gasteiger partial charge in [0.15, 0.2) is 0 Å². The summed E-state index contributed by atoms with van der Waals surface area (Å²) >= 11 is 0. The number of amides is 1. The summed E-state index contributed by atoms with van der Waals surface area (Å²) in [6, 6.07) is -0.853. The van der Waals surface area contributed by atoms with Crippen molar-refractivity contribution in [2.75, 3.05) is 40.9 Å². The van der Waals surface area contributed by atoms with Gasteiger partial charge in [-0.1, -0.05) is 312 Å². The molecule has 0 heterocycles. The largest absolute Gasteiger partial charge is 0.472 e. The van der Waals surface area contributed by atoms with Crippen LogP contribution in [-0.2, 0) is 27.9 Å². The second kappa shape index (κ2) is 66.4. The number of nitrogens with zero attached hydrogens (tertiary/aromatic N) is 1. The van der Waals surface area contributed by atoms with Gasteiger partial charge in [-0.2, -0.15) is 0 Å². The highest BCUT2D eigenvalue weighted by atomic mass is 31.2. The Kier molecular flexibility index (Phi) is 64.4. The molecule has 3 unspecified atom stereocenters. The lowest BCUT2D eigenvalue weighted by Crippen LogP contribution is -2.47. The van der Waals surface area contributed by atoms with E-state index < -0.39 is 20.0 Å². The van der Waals surface area contributed by atoms with Crippen molar-refractivity contribution in [2.24, 2.45) is 0 Å². The first kappa shape index (κ1) is 84.5. The number of likely N-dealkylation sites (N-methyl/N-ethyl adjacent to an activating group) is 1. The van der Waals surface area contributed by atoms with Crippen LogP contribution in [0.2, 0.25) is 0 Å². The van der Waals surface area contributed by atoms with Crippen LogP contribution in [0, 0.1) is 0 Å². The molecule has 0 spiro atoms. The molecule has 9 nitrogen and oxygen atoms in total. The Hall–Kier alpha value is -2.55. The van der Waals surface area contributed by atoms with Crippen LogP contribution < -0.4 is 5.32 Å². The highest BCUT2D eigenvalue weighted by molar-refractivity contribution is 7.47. The van der Waals surface area contributed by atoms with Gasteiger partial charge in [-0.3, -0.25) is 18.6 Å². The fraction of sp³-hybridized carbons (Fsp3) is 0.818. The SMILES string of the molecule is CCCCC/C=C\C/C=C\C/C=C\CCCCCCCCCCCCC(=O)NC(COP(=O)(O)OCC[N+](C)(C)C)C(/C=C/CCCCCCCCCCCCC)OC(=O)CCCCCCCCCCCCCCCCC/C=C\C/C=C\CCCCC. The number of hydrogen-bond donors (Lipinski definition) is 2. The van der Waals surface area contributed by atoms with Gasteiger partial charge in [0.2, 0.25) is 5.91 Å². The Labute approximate surface area is 540 Å². The lowest BCUT2D eigenvalue weighted by molar-refractivity contribution is -0.870. The number of carbonyl (C=O) groups is 2. The minimum atomic E-state index is -4.46. The van der Waals surface area contributed by atoms with Gasteiger partial charge >= 0.3 is 13.8 Å². The Morgan fingerprint density at radius 2 is 0.701 bits per heavy atom. The number of hydrogen-bond acceptors (Lipinski definition) is 6. The maximum Gasteiger partial charge on any atom is 0.472 e. The average Bonchev–Trinajstić information content (AvgIpc) is 3.69. The van der Waals surface area contributed by atoms with Gasteiger partial charge in [0.25, 0.3) is 0 Å². The lowest BCUT2D eigenvalue weighted by Gasteiger charge is -2.27. The number of allylic oxidation sites excluding steroid dienone is 11. The Bertz CT molecular complexity index is 1720. The van der Waals surface area contributed by atoms with Crippen LogP contribution in [-0.4, -0.2) is 74.3 Å². The summed E-state index contributed by atoms with van der Waals surface area (Å²) in [5.74, 6) is -0.497. The zero-order valence-electron chi connectivity index (χ0n) is 58.3. The van der Waals surface area contributed by atoms with E-state index in [0.29, 0.717) is 23.9 Å². The lowest BCUT2D eigenvalue weighted by atomic mass is 10.0. The molecule has 2 N–H and O–H groups in total. The maximum absolute atomic E-state index is 13.6. The van der Waals surface area contributed by atoms with E-state index in [1.807, 2.05) is 33.3 Å². The molecule has 0 saturated heterocycles.